The molecule has 2 heterocycles. The van der Waals surface area contributed by atoms with E-state index in [4.69, 9.17) is 9.47 Å². The van der Waals surface area contributed by atoms with E-state index < -0.39 is 0 Å². The highest BCUT2D eigenvalue weighted by atomic mass is 16.6. The summed E-state index contributed by atoms with van der Waals surface area (Å²) in [5, 5.41) is 2.97. The molecule has 1 N–H and O–H groups in total. The highest BCUT2D eigenvalue weighted by Gasteiger charge is 2.24. The van der Waals surface area contributed by atoms with Crippen molar-refractivity contribution in [2.45, 2.75) is 19.8 Å². The van der Waals surface area contributed by atoms with Crippen molar-refractivity contribution in [3.05, 3.63) is 23.8 Å². The van der Waals surface area contributed by atoms with Gasteiger partial charge in [0.15, 0.2) is 11.5 Å². The number of likely N-dealkylation sites (tertiary alicyclic amines) is 1. The molecule has 2 aliphatic rings. The highest BCUT2D eigenvalue weighted by molar-refractivity contribution is 5.97. The van der Waals surface area contributed by atoms with E-state index in [9.17, 15) is 9.59 Å². The van der Waals surface area contributed by atoms with E-state index in [1.807, 2.05) is 4.90 Å². The van der Waals surface area contributed by atoms with Gasteiger partial charge in [0.25, 0.3) is 5.91 Å². The Labute approximate surface area is 135 Å². The van der Waals surface area contributed by atoms with Crippen molar-refractivity contribution >= 4 is 11.8 Å². The van der Waals surface area contributed by atoms with Crippen molar-refractivity contribution < 1.29 is 19.1 Å². The third-order valence-electron chi connectivity index (χ3n) is 4.33. The molecule has 0 unspecified atom stereocenters. The second-order valence-corrected chi connectivity index (χ2v) is 6.01. The maximum absolute atomic E-state index is 12.4. The Bertz CT molecular complexity index is 602. The number of benzene rings is 1. The normalized spacial score (nSPS) is 20.0. The highest BCUT2D eigenvalue weighted by Crippen LogP contribution is 2.33. The zero-order chi connectivity index (χ0) is 16.2. The molecule has 6 heteroatoms. The topological polar surface area (TPSA) is 67.9 Å². The van der Waals surface area contributed by atoms with Gasteiger partial charge in [-0.3, -0.25) is 9.59 Å². The van der Waals surface area contributed by atoms with Crippen molar-refractivity contribution in [2.75, 3.05) is 32.8 Å². The van der Waals surface area contributed by atoms with Gasteiger partial charge in [-0.2, -0.15) is 0 Å². The lowest BCUT2D eigenvalue weighted by Crippen LogP contribution is -2.42. The minimum atomic E-state index is -0.160. The molecule has 1 fully saturated rings. The summed E-state index contributed by atoms with van der Waals surface area (Å²) < 4.78 is 11.1. The molecule has 6 nitrogen and oxygen atoms in total. The largest absolute Gasteiger partial charge is 0.486 e. The fourth-order valence-electron chi connectivity index (χ4n) is 3.10. The summed E-state index contributed by atoms with van der Waals surface area (Å²) in [6.07, 6.45) is 2.01. The van der Waals surface area contributed by atoms with E-state index in [-0.39, 0.29) is 11.8 Å². The number of hydrogen-bond donors (Lipinski definition) is 1. The van der Waals surface area contributed by atoms with Gasteiger partial charge in [-0.15, -0.1) is 0 Å². The maximum atomic E-state index is 12.4. The molecule has 124 valence electrons. The molecule has 0 bridgehead atoms. The molecule has 0 aromatic heterocycles. The number of fused-ring (bicyclic) bond motifs is 1. The number of piperidine rings is 1. The third kappa shape index (κ3) is 3.57. The lowest BCUT2D eigenvalue weighted by Gasteiger charge is -2.32. The van der Waals surface area contributed by atoms with Crippen LogP contribution in [0.5, 0.6) is 11.5 Å². The fourth-order valence-corrected chi connectivity index (χ4v) is 3.10. The first-order valence-electron chi connectivity index (χ1n) is 8.07. The summed E-state index contributed by atoms with van der Waals surface area (Å²) in [5.41, 5.74) is 0.501. The molecule has 1 aromatic rings. The number of amides is 2. The number of hydrogen-bond acceptors (Lipinski definition) is 4. The molecule has 1 saturated heterocycles. The van der Waals surface area contributed by atoms with Gasteiger partial charge in [0.05, 0.1) is 5.56 Å². The Morgan fingerprint density at radius 3 is 2.96 bits per heavy atom. The van der Waals surface area contributed by atoms with Crippen molar-refractivity contribution in [1.29, 1.82) is 0 Å². The van der Waals surface area contributed by atoms with Crippen LogP contribution in [0.15, 0.2) is 18.2 Å². The van der Waals surface area contributed by atoms with Gasteiger partial charge in [0.2, 0.25) is 5.91 Å². The van der Waals surface area contributed by atoms with Crippen LogP contribution in [-0.4, -0.2) is 49.6 Å². The predicted molar refractivity (Wildman–Crippen MR) is 84.7 cm³/mol. The minimum absolute atomic E-state index is 0.101. The number of nitrogens with zero attached hydrogens (tertiary/aromatic N) is 1. The van der Waals surface area contributed by atoms with Crippen molar-refractivity contribution in [3.8, 4) is 11.5 Å². The SMILES string of the molecule is CC(=O)N1CCC[C@@H](CNC(=O)c2cccc3c2OCCO3)C1. The average molecular weight is 318 g/mol. The van der Waals surface area contributed by atoms with Crippen LogP contribution in [0.25, 0.3) is 0 Å². The van der Waals surface area contributed by atoms with Gasteiger partial charge in [-0.05, 0) is 30.9 Å². The quantitative estimate of drug-likeness (QED) is 0.916. The smallest absolute Gasteiger partial charge is 0.255 e. The van der Waals surface area contributed by atoms with E-state index in [1.165, 1.54) is 0 Å². The van der Waals surface area contributed by atoms with Gasteiger partial charge in [-0.25, -0.2) is 0 Å². The van der Waals surface area contributed by atoms with Gasteiger partial charge in [0.1, 0.15) is 13.2 Å². The molecule has 1 atom stereocenters. The van der Waals surface area contributed by atoms with E-state index in [0.717, 1.165) is 19.4 Å². The molecule has 0 spiro atoms. The Morgan fingerprint density at radius 2 is 2.13 bits per heavy atom. The minimum Gasteiger partial charge on any atom is -0.486 e. The number of carbonyl (C=O) groups is 2. The van der Waals surface area contributed by atoms with Crippen LogP contribution in [0.4, 0.5) is 0 Å². The summed E-state index contributed by atoms with van der Waals surface area (Å²) in [5.74, 6) is 1.37. The third-order valence-corrected chi connectivity index (χ3v) is 4.33. The molecule has 0 saturated carbocycles. The Morgan fingerprint density at radius 1 is 1.30 bits per heavy atom. The first-order valence-corrected chi connectivity index (χ1v) is 8.07. The van der Waals surface area contributed by atoms with Gasteiger partial charge < -0.3 is 19.7 Å². The molecule has 3 rings (SSSR count). The number of rotatable bonds is 3. The first-order chi connectivity index (χ1) is 11.1. The van der Waals surface area contributed by atoms with Crippen LogP contribution in [0.2, 0.25) is 0 Å². The lowest BCUT2D eigenvalue weighted by molar-refractivity contribution is -0.130. The number of ether oxygens (including phenoxy) is 2. The number of carbonyl (C=O) groups excluding carboxylic acids is 2. The summed E-state index contributed by atoms with van der Waals surface area (Å²) in [7, 11) is 0. The summed E-state index contributed by atoms with van der Waals surface area (Å²) in [6.45, 7) is 4.63. The average Bonchev–Trinajstić information content (AvgIpc) is 2.59. The van der Waals surface area contributed by atoms with E-state index >= 15 is 0 Å². The van der Waals surface area contributed by atoms with Crippen LogP contribution < -0.4 is 14.8 Å². The predicted octanol–water partition coefficient (Wildman–Crippen LogP) is 1.45. The number of para-hydroxylation sites is 1. The molecule has 1 aromatic carbocycles. The Balaban J connectivity index is 1.61. The first kappa shape index (κ1) is 15.6. The Kier molecular flexibility index (Phi) is 4.69. The second kappa shape index (κ2) is 6.89. The van der Waals surface area contributed by atoms with Crippen LogP contribution in [0.1, 0.15) is 30.1 Å². The monoisotopic (exact) mass is 318 g/mol. The maximum Gasteiger partial charge on any atom is 0.255 e. The van der Waals surface area contributed by atoms with Crippen molar-refractivity contribution in [2.24, 2.45) is 5.92 Å². The standard InChI is InChI=1S/C17H22N2O4/c1-12(20)19-7-3-4-13(11-19)10-18-17(21)14-5-2-6-15-16(14)23-9-8-22-15/h2,5-6,13H,3-4,7-11H2,1H3,(H,18,21)/t13-/m0/s1. The summed E-state index contributed by atoms with van der Waals surface area (Å²) >= 11 is 0. The summed E-state index contributed by atoms with van der Waals surface area (Å²) in [4.78, 5) is 25.8. The molecule has 2 aliphatic heterocycles. The van der Waals surface area contributed by atoms with Crippen molar-refractivity contribution in [1.82, 2.24) is 10.2 Å². The lowest BCUT2D eigenvalue weighted by atomic mass is 9.98. The zero-order valence-corrected chi connectivity index (χ0v) is 13.3. The van der Waals surface area contributed by atoms with E-state index in [0.29, 0.717) is 49.3 Å². The van der Waals surface area contributed by atoms with Crippen LogP contribution >= 0.6 is 0 Å². The molecular weight excluding hydrogens is 296 g/mol. The number of nitrogens with one attached hydrogen (secondary N) is 1. The summed E-state index contributed by atoms with van der Waals surface area (Å²) in [6, 6.07) is 5.34. The van der Waals surface area contributed by atoms with Crippen LogP contribution in [0.3, 0.4) is 0 Å². The van der Waals surface area contributed by atoms with Gasteiger partial charge >= 0.3 is 0 Å². The van der Waals surface area contributed by atoms with Crippen LogP contribution in [-0.2, 0) is 4.79 Å². The molecule has 2 amide bonds. The molecule has 0 aliphatic carbocycles. The zero-order valence-electron chi connectivity index (χ0n) is 13.3. The Hall–Kier alpha value is -2.24. The molecular formula is C17H22N2O4. The van der Waals surface area contributed by atoms with Gasteiger partial charge in [-0.1, -0.05) is 6.07 Å². The molecule has 0 radical (unpaired) electrons. The van der Waals surface area contributed by atoms with Gasteiger partial charge in [0, 0.05) is 26.6 Å². The fraction of sp³-hybridized carbons (Fsp3) is 0.529. The van der Waals surface area contributed by atoms with Crippen molar-refractivity contribution in [3.63, 3.8) is 0 Å². The van der Waals surface area contributed by atoms with E-state index in [2.05, 4.69) is 5.32 Å². The second-order valence-electron chi connectivity index (χ2n) is 6.01. The van der Waals surface area contributed by atoms with E-state index in [1.54, 1.807) is 25.1 Å². The van der Waals surface area contributed by atoms with Crippen LogP contribution in [0, 0.1) is 5.92 Å². The molecule has 23 heavy (non-hydrogen) atoms.